The lowest BCUT2D eigenvalue weighted by Gasteiger charge is -2.11. The van der Waals surface area contributed by atoms with Crippen molar-refractivity contribution in [3.63, 3.8) is 0 Å². The monoisotopic (exact) mass is 196 g/mol. The quantitative estimate of drug-likeness (QED) is 0.697. The van der Waals surface area contributed by atoms with E-state index in [0.29, 0.717) is 18.2 Å². The molecular weight excluding hydrogens is 180 g/mol. The predicted molar refractivity (Wildman–Crippen MR) is 52.5 cm³/mol. The molecule has 2 N–H and O–H groups in total. The van der Waals surface area contributed by atoms with Crippen molar-refractivity contribution in [2.75, 3.05) is 0 Å². The number of hydrogen-bond acceptors (Lipinski definition) is 4. The van der Waals surface area contributed by atoms with Gasteiger partial charge in [0.2, 0.25) is 0 Å². The molecule has 0 saturated carbocycles. The molecule has 14 heavy (non-hydrogen) atoms. The smallest absolute Gasteiger partial charge is 0.144 e. The minimum atomic E-state index is -0.220. The average molecular weight is 196 g/mol. The van der Waals surface area contributed by atoms with Crippen LogP contribution in [0.5, 0.6) is 0 Å². The van der Waals surface area contributed by atoms with Crippen LogP contribution in [0.25, 0.3) is 0 Å². The molecule has 1 atom stereocenters. The van der Waals surface area contributed by atoms with Crippen molar-refractivity contribution in [2.24, 2.45) is 11.7 Å². The van der Waals surface area contributed by atoms with Crippen molar-refractivity contribution in [1.29, 1.82) is 0 Å². The minimum Gasteiger partial charge on any atom is -0.325 e. The summed E-state index contributed by atoms with van der Waals surface area (Å²) in [6.45, 7) is 4.49. The van der Waals surface area contributed by atoms with Crippen LogP contribution in [0.1, 0.15) is 32.0 Å². The van der Waals surface area contributed by atoms with Crippen LogP contribution in [0.3, 0.4) is 0 Å². The highest BCUT2D eigenvalue weighted by atomic mass is 16.1. The van der Waals surface area contributed by atoms with E-state index < -0.39 is 0 Å². The topological polar surface area (TPSA) is 73.8 Å². The molecule has 0 amide bonds. The molecule has 1 aromatic heterocycles. The molecule has 78 valence electrons. The molecule has 5 heteroatoms. The molecule has 1 aromatic rings. The van der Waals surface area contributed by atoms with E-state index >= 15 is 0 Å². The molecular formula is C9H16N4O. The standard InChI is InChI=1S/C9H16N4O/c1-7(2)3-9(6-14)13-5-8(4-10)11-12-13/h5-7,9H,3-4,10H2,1-2H3/t9-/m0/s1. The first kappa shape index (κ1) is 10.8. The van der Waals surface area contributed by atoms with E-state index in [1.807, 2.05) is 0 Å². The van der Waals surface area contributed by atoms with E-state index in [1.54, 1.807) is 10.9 Å². The Morgan fingerprint density at radius 2 is 2.36 bits per heavy atom. The van der Waals surface area contributed by atoms with Gasteiger partial charge in [0, 0.05) is 6.54 Å². The number of carbonyl (C=O) groups excluding carboxylic acids is 1. The molecule has 0 bridgehead atoms. The van der Waals surface area contributed by atoms with E-state index in [1.165, 1.54) is 0 Å². The number of hydrogen-bond donors (Lipinski definition) is 1. The van der Waals surface area contributed by atoms with Crippen LogP contribution in [0.4, 0.5) is 0 Å². The third kappa shape index (κ3) is 2.63. The fraction of sp³-hybridized carbons (Fsp3) is 0.667. The summed E-state index contributed by atoms with van der Waals surface area (Å²) in [7, 11) is 0. The molecule has 0 saturated heterocycles. The first-order valence-corrected chi connectivity index (χ1v) is 4.73. The van der Waals surface area contributed by atoms with Crippen LogP contribution in [-0.2, 0) is 11.3 Å². The molecule has 5 nitrogen and oxygen atoms in total. The fourth-order valence-electron chi connectivity index (χ4n) is 1.28. The van der Waals surface area contributed by atoms with Crippen molar-refractivity contribution >= 4 is 6.29 Å². The lowest BCUT2D eigenvalue weighted by atomic mass is 10.1. The summed E-state index contributed by atoms with van der Waals surface area (Å²) >= 11 is 0. The Morgan fingerprint density at radius 3 is 2.79 bits per heavy atom. The second-order valence-electron chi connectivity index (χ2n) is 3.73. The Hall–Kier alpha value is -1.23. The highest BCUT2D eigenvalue weighted by Gasteiger charge is 2.13. The van der Waals surface area contributed by atoms with E-state index in [4.69, 9.17) is 5.73 Å². The van der Waals surface area contributed by atoms with Gasteiger partial charge in [0.15, 0.2) is 0 Å². The lowest BCUT2D eigenvalue weighted by molar-refractivity contribution is -0.111. The Morgan fingerprint density at radius 1 is 1.64 bits per heavy atom. The minimum absolute atomic E-state index is 0.220. The number of rotatable bonds is 5. The molecule has 0 aliphatic heterocycles. The van der Waals surface area contributed by atoms with Crippen molar-refractivity contribution in [1.82, 2.24) is 15.0 Å². The van der Waals surface area contributed by atoms with Crippen LogP contribution < -0.4 is 5.73 Å². The summed E-state index contributed by atoms with van der Waals surface area (Å²) in [6.07, 6.45) is 3.40. The van der Waals surface area contributed by atoms with Crippen molar-refractivity contribution < 1.29 is 4.79 Å². The van der Waals surface area contributed by atoms with Gasteiger partial charge in [-0.05, 0) is 12.3 Å². The van der Waals surface area contributed by atoms with Crippen molar-refractivity contribution in [2.45, 2.75) is 32.9 Å². The third-order valence-corrected chi connectivity index (χ3v) is 1.98. The predicted octanol–water partition coefficient (Wildman–Crippen LogP) is 0.523. The molecule has 0 aliphatic rings. The van der Waals surface area contributed by atoms with Gasteiger partial charge in [-0.15, -0.1) is 5.10 Å². The summed E-state index contributed by atoms with van der Waals surface area (Å²) in [5.74, 6) is 0.454. The molecule has 0 unspecified atom stereocenters. The van der Waals surface area contributed by atoms with Crippen LogP contribution in [0.2, 0.25) is 0 Å². The maximum Gasteiger partial charge on any atom is 0.144 e. The largest absolute Gasteiger partial charge is 0.325 e. The number of carbonyl (C=O) groups is 1. The zero-order valence-corrected chi connectivity index (χ0v) is 8.55. The Labute approximate surface area is 83.3 Å². The Kier molecular flexibility index (Phi) is 3.76. The van der Waals surface area contributed by atoms with Crippen molar-refractivity contribution in [3.05, 3.63) is 11.9 Å². The van der Waals surface area contributed by atoms with Crippen LogP contribution in [0, 0.1) is 5.92 Å². The number of nitrogens with two attached hydrogens (primary N) is 1. The second kappa shape index (κ2) is 4.85. The highest BCUT2D eigenvalue weighted by Crippen LogP contribution is 2.14. The van der Waals surface area contributed by atoms with E-state index in [0.717, 1.165) is 12.7 Å². The summed E-state index contributed by atoms with van der Waals surface area (Å²) < 4.78 is 1.58. The molecule has 0 aliphatic carbocycles. The number of nitrogens with zero attached hydrogens (tertiary/aromatic N) is 3. The first-order valence-electron chi connectivity index (χ1n) is 4.73. The van der Waals surface area contributed by atoms with Gasteiger partial charge < -0.3 is 10.5 Å². The van der Waals surface area contributed by atoms with Crippen molar-refractivity contribution in [3.8, 4) is 0 Å². The first-order chi connectivity index (χ1) is 6.67. The van der Waals surface area contributed by atoms with Crippen LogP contribution in [0.15, 0.2) is 6.20 Å². The Balaban J connectivity index is 2.73. The van der Waals surface area contributed by atoms with Gasteiger partial charge in [-0.25, -0.2) is 4.68 Å². The second-order valence-corrected chi connectivity index (χ2v) is 3.73. The van der Waals surface area contributed by atoms with E-state index in [-0.39, 0.29) is 6.04 Å². The lowest BCUT2D eigenvalue weighted by Crippen LogP contribution is -2.13. The molecule has 0 spiro atoms. The summed E-state index contributed by atoms with van der Waals surface area (Å²) in [5, 5.41) is 7.71. The van der Waals surface area contributed by atoms with E-state index in [2.05, 4.69) is 24.2 Å². The summed E-state index contributed by atoms with van der Waals surface area (Å²) in [6, 6.07) is -0.220. The maximum atomic E-state index is 10.8. The molecule has 1 heterocycles. The Bertz CT molecular complexity index is 295. The molecule has 0 radical (unpaired) electrons. The summed E-state index contributed by atoms with van der Waals surface area (Å²) in [4.78, 5) is 10.8. The maximum absolute atomic E-state index is 10.8. The van der Waals surface area contributed by atoms with E-state index in [9.17, 15) is 4.79 Å². The van der Waals surface area contributed by atoms with Gasteiger partial charge in [0.05, 0.1) is 11.9 Å². The van der Waals surface area contributed by atoms with Gasteiger partial charge in [0.1, 0.15) is 12.3 Å². The normalized spacial score (nSPS) is 13.1. The van der Waals surface area contributed by atoms with Gasteiger partial charge >= 0.3 is 0 Å². The highest BCUT2D eigenvalue weighted by molar-refractivity contribution is 5.55. The zero-order valence-electron chi connectivity index (χ0n) is 8.55. The molecule has 1 rings (SSSR count). The van der Waals surface area contributed by atoms with Gasteiger partial charge in [-0.3, -0.25) is 0 Å². The van der Waals surface area contributed by atoms with Crippen LogP contribution in [-0.4, -0.2) is 21.3 Å². The third-order valence-electron chi connectivity index (χ3n) is 1.98. The molecule has 0 fully saturated rings. The zero-order chi connectivity index (χ0) is 10.6. The van der Waals surface area contributed by atoms with Crippen LogP contribution >= 0.6 is 0 Å². The average Bonchev–Trinajstić information content (AvgIpc) is 2.62. The SMILES string of the molecule is CC(C)C[C@@H](C=O)n1cc(CN)nn1. The van der Waals surface area contributed by atoms with Gasteiger partial charge in [0.25, 0.3) is 0 Å². The van der Waals surface area contributed by atoms with Gasteiger partial charge in [-0.2, -0.15) is 0 Å². The fourth-order valence-corrected chi connectivity index (χ4v) is 1.28. The number of aromatic nitrogens is 3. The number of aldehydes is 1. The van der Waals surface area contributed by atoms with Gasteiger partial charge in [-0.1, -0.05) is 19.1 Å². The molecule has 0 aromatic carbocycles. The summed E-state index contributed by atoms with van der Waals surface area (Å²) in [5.41, 5.74) is 6.11.